The molecule has 0 spiro atoms. The van der Waals surface area contributed by atoms with Crippen molar-refractivity contribution in [2.24, 2.45) is 5.92 Å². The van der Waals surface area contributed by atoms with Crippen LogP contribution in [0.2, 0.25) is 0 Å². The van der Waals surface area contributed by atoms with E-state index in [1.165, 1.54) is 12.1 Å². The fraction of sp³-hybridized carbons (Fsp3) is 0.583. The number of sulfonamides is 1. The summed E-state index contributed by atoms with van der Waals surface area (Å²) in [6, 6.07) is 2.93. The molecule has 0 radical (unpaired) electrons. The minimum absolute atomic E-state index is 0.0298. The van der Waals surface area contributed by atoms with Gasteiger partial charge in [0.1, 0.15) is 4.21 Å². The molecule has 0 saturated heterocycles. The fourth-order valence-electron chi connectivity index (χ4n) is 1.68. The Balaban J connectivity index is 2.68. The van der Waals surface area contributed by atoms with Crippen molar-refractivity contribution in [2.45, 2.75) is 30.4 Å². The van der Waals surface area contributed by atoms with Crippen molar-refractivity contribution in [2.75, 3.05) is 13.2 Å². The maximum absolute atomic E-state index is 12.0. The second kappa shape index (κ2) is 7.72. The summed E-state index contributed by atoms with van der Waals surface area (Å²) in [5, 5.41) is 17.5. The van der Waals surface area contributed by atoms with E-state index in [0.29, 0.717) is 11.3 Å². The van der Waals surface area contributed by atoms with E-state index in [-0.39, 0.29) is 29.7 Å². The van der Waals surface area contributed by atoms with Crippen LogP contribution in [0.15, 0.2) is 16.3 Å². The molecule has 0 aliphatic heterocycles. The number of aliphatic hydroxyl groups is 1. The zero-order valence-corrected chi connectivity index (χ0v) is 12.8. The summed E-state index contributed by atoms with van der Waals surface area (Å²) in [5.74, 6) is -0.897. The second-order valence-corrected chi connectivity index (χ2v) is 7.59. The number of carboxylic acid groups (broad SMARTS) is 1. The van der Waals surface area contributed by atoms with Crippen LogP contribution in [0.4, 0.5) is 0 Å². The number of hydrogen-bond donors (Lipinski definition) is 3. The van der Waals surface area contributed by atoms with Crippen LogP contribution >= 0.6 is 11.3 Å². The monoisotopic (exact) mass is 321 g/mol. The third-order valence-electron chi connectivity index (χ3n) is 2.90. The molecule has 1 aromatic heterocycles. The average molecular weight is 321 g/mol. The van der Waals surface area contributed by atoms with Crippen LogP contribution in [0.5, 0.6) is 0 Å². The average Bonchev–Trinajstić information content (AvgIpc) is 2.82. The van der Waals surface area contributed by atoms with Gasteiger partial charge >= 0.3 is 5.97 Å². The molecule has 1 rings (SSSR count). The Morgan fingerprint density at radius 1 is 1.45 bits per heavy atom. The first-order valence-electron chi connectivity index (χ1n) is 6.30. The lowest BCUT2D eigenvalue weighted by Crippen LogP contribution is -2.29. The normalized spacial score (nSPS) is 13.3. The first-order chi connectivity index (χ1) is 9.39. The number of carbonyl (C=O) groups is 1. The minimum atomic E-state index is -3.60. The molecule has 1 unspecified atom stereocenters. The number of carboxylic acids is 1. The number of aliphatic hydroxyl groups excluding tert-OH is 1. The van der Waals surface area contributed by atoms with Crippen molar-refractivity contribution in [3.63, 3.8) is 0 Å². The van der Waals surface area contributed by atoms with Gasteiger partial charge in [0, 0.05) is 18.0 Å². The van der Waals surface area contributed by atoms with Crippen LogP contribution in [0, 0.1) is 5.92 Å². The van der Waals surface area contributed by atoms with E-state index in [2.05, 4.69) is 4.72 Å². The molecule has 0 bridgehead atoms. The third kappa shape index (κ3) is 5.20. The van der Waals surface area contributed by atoms with Crippen LogP contribution in [0.3, 0.4) is 0 Å². The maximum Gasteiger partial charge on any atom is 0.308 e. The summed E-state index contributed by atoms with van der Waals surface area (Å²) >= 11 is 0.960. The Morgan fingerprint density at radius 3 is 2.70 bits per heavy atom. The van der Waals surface area contributed by atoms with Crippen LogP contribution in [0.1, 0.15) is 24.6 Å². The van der Waals surface area contributed by atoms with Gasteiger partial charge in [-0.25, -0.2) is 13.1 Å². The summed E-state index contributed by atoms with van der Waals surface area (Å²) in [5.41, 5.74) is 0. The number of rotatable bonds is 9. The standard InChI is InChI=1S/C12H19NO5S2/c1-2-9(5-6-14)8-13-20(17,18)12-4-3-10(19-12)7-11(15)16/h3-4,9,13-14H,2,5-8H2,1H3,(H,15,16). The second-order valence-electron chi connectivity index (χ2n) is 4.43. The molecule has 0 amide bonds. The van der Waals surface area contributed by atoms with Gasteiger partial charge < -0.3 is 10.2 Å². The zero-order chi connectivity index (χ0) is 15.2. The van der Waals surface area contributed by atoms with Crippen molar-refractivity contribution in [1.82, 2.24) is 4.72 Å². The van der Waals surface area contributed by atoms with Crippen molar-refractivity contribution in [1.29, 1.82) is 0 Å². The molecule has 20 heavy (non-hydrogen) atoms. The molecule has 114 valence electrons. The predicted molar refractivity (Wildman–Crippen MR) is 76.3 cm³/mol. The molecule has 0 aliphatic carbocycles. The molecule has 0 fully saturated rings. The smallest absolute Gasteiger partial charge is 0.308 e. The van der Waals surface area contributed by atoms with Gasteiger partial charge in [-0.3, -0.25) is 4.79 Å². The van der Waals surface area contributed by atoms with Crippen molar-refractivity contribution >= 4 is 27.3 Å². The molecule has 0 aromatic carbocycles. The molecule has 3 N–H and O–H groups in total. The lowest BCUT2D eigenvalue weighted by atomic mass is 10.0. The Morgan fingerprint density at radius 2 is 2.15 bits per heavy atom. The quantitative estimate of drug-likeness (QED) is 0.631. The van der Waals surface area contributed by atoms with Crippen molar-refractivity contribution < 1.29 is 23.4 Å². The summed E-state index contributed by atoms with van der Waals surface area (Å²) < 4.78 is 26.7. The van der Waals surface area contributed by atoms with Crippen LogP contribution < -0.4 is 4.72 Å². The highest BCUT2D eigenvalue weighted by Gasteiger charge is 2.19. The van der Waals surface area contributed by atoms with E-state index in [9.17, 15) is 13.2 Å². The van der Waals surface area contributed by atoms with E-state index in [4.69, 9.17) is 10.2 Å². The van der Waals surface area contributed by atoms with Crippen LogP contribution in [-0.4, -0.2) is 37.8 Å². The first-order valence-corrected chi connectivity index (χ1v) is 8.60. The molecule has 0 aliphatic rings. The van der Waals surface area contributed by atoms with Gasteiger partial charge in [0.15, 0.2) is 0 Å². The van der Waals surface area contributed by atoms with Gasteiger partial charge in [-0.2, -0.15) is 0 Å². The van der Waals surface area contributed by atoms with E-state index in [1.54, 1.807) is 0 Å². The molecule has 1 aromatic rings. The molecular weight excluding hydrogens is 302 g/mol. The van der Waals surface area contributed by atoms with Gasteiger partial charge in [-0.05, 0) is 24.5 Å². The zero-order valence-electron chi connectivity index (χ0n) is 11.2. The van der Waals surface area contributed by atoms with Gasteiger partial charge in [-0.15, -0.1) is 11.3 Å². The highest BCUT2D eigenvalue weighted by molar-refractivity contribution is 7.91. The van der Waals surface area contributed by atoms with Crippen LogP contribution in [-0.2, 0) is 21.2 Å². The van der Waals surface area contributed by atoms with Crippen molar-refractivity contribution in [3.8, 4) is 0 Å². The topological polar surface area (TPSA) is 104 Å². The Labute approximate surface area is 122 Å². The largest absolute Gasteiger partial charge is 0.481 e. The lowest BCUT2D eigenvalue weighted by Gasteiger charge is -2.13. The molecule has 0 saturated carbocycles. The van der Waals surface area contributed by atoms with E-state index < -0.39 is 16.0 Å². The summed E-state index contributed by atoms with van der Waals surface area (Å²) in [4.78, 5) is 11.1. The fourth-order valence-corrected chi connectivity index (χ4v) is 4.19. The number of nitrogens with one attached hydrogen (secondary N) is 1. The molecule has 1 heterocycles. The SMILES string of the molecule is CCC(CCO)CNS(=O)(=O)c1ccc(CC(=O)O)s1. The van der Waals surface area contributed by atoms with E-state index in [1.807, 2.05) is 6.92 Å². The maximum atomic E-state index is 12.0. The van der Waals surface area contributed by atoms with E-state index in [0.717, 1.165) is 17.8 Å². The number of thiophene rings is 1. The number of hydrogen-bond acceptors (Lipinski definition) is 5. The molecular formula is C12H19NO5S2. The molecule has 1 atom stereocenters. The molecule has 8 heteroatoms. The lowest BCUT2D eigenvalue weighted by molar-refractivity contribution is -0.136. The minimum Gasteiger partial charge on any atom is -0.481 e. The third-order valence-corrected chi connectivity index (χ3v) is 5.90. The summed E-state index contributed by atoms with van der Waals surface area (Å²) in [7, 11) is -3.60. The summed E-state index contributed by atoms with van der Waals surface area (Å²) in [6.07, 6.45) is 1.15. The first kappa shape index (κ1) is 17.1. The molecule has 6 nitrogen and oxygen atoms in total. The predicted octanol–water partition coefficient (Wildman–Crippen LogP) is 1.06. The Bertz CT molecular complexity index is 538. The van der Waals surface area contributed by atoms with Crippen molar-refractivity contribution in [3.05, 3.63) is 17.0 Å². The van der Waals surface area contributed by atoms with Crippen LogP contribution in [0.25, 0.3) is 0 Å². The van der Waals surface area contributed by atoms with Gasteiger partial charge in [0.05, 0.1) is 6.42 Å². The highest BCUT2D eigenvalue weighted by Crippen LogP contribution is 2.22. The number of aliphatic carboxylic acids is 1. The Hall–Kier alpha value is -0.960. The van der Waals surface area contributed by atoms with Gasteiger partial charge in [0.2, 0.25) is 10.0 Å². The Kier molecular flexibility index (Phi) is 6.60. The van der Waals surface area contributed by atoms with Gasteiger partial charge in [0.25, 0.3) is 0 Å². The van der Waals surface area contributed by atoms with E-state index >= 15 is 0 Å². The van der Waals surface area contributed by atoms with Gasteiger partial charge in [-0.1, -0.05) is 13.3 Å². The highest BCUT2D eigenvalue weighted by atomic mass is 32.2. The summed E-state index contributed by atoms with van der Waals surface area (Å²) in [6.45, 7) is 2.23.